The van der Waals surface area contributed by atoms with E-state index in [1.165, 1.54) is 11.8 Å². The van der Waals surface area contributed by atoms with Crippen LogP contribution in [0.2, 0.25) is 0 Å². The minimum absolute atomic E-state index is 0.113. The van der Waals surface area contributed by atoms with Crippen LogP contribution in [-0.4, -0.2) is 36.5 Å². The molecule has 0 N–H and O–H groups in total. The van der Waals surface area contributed by atoms with Gasteiger partial charge in [-0.3, -0.25) is 0 Å². The molecule has 1 unspecified atom stereocenters. The van der Waals surface area contributed by atoms with E-state index in [0.29, 0.717) is 12.4 Å². The number of alkyl halides is 3. The number of rotatable bonds is 2. The summed E-state index contributed by atoms with van der Waals surface area (Å²) >= 11 is 1.24. The van der Waals surface area contributed by atoms with Crippen molar-refractivity contribution >= 4 is 17.7 Å². The molecule has 0 aromatic carbocycles. The van der Waals surface area contributed by atoms with Gasteiger partial charge in [0, 0.05) is 5.75 Å². The van der Waals surface area contributed by atoms with E-state index >= 15 is 0 Å². The molecule has 0 aliphatic carbocycles. The van der Waals surface area contributed by atoms with E-state index in [0.717, 1.165) is 0 Å². The second-order valence-corrected chi connectivity index (χ2v) is 4.02. The molecular weight excluding hydrogens is 233 g/mol. The Hall–Kier alpha value is -0.690. The summed E-state index contributed by atoms with van der Waals surface area (Å²) in [6.45, 7) is 3.27. The molecule has 86 valence electrons. The van der Waals surface area contributed by atoms with Gasteiger partial charge in [0.2, 0.25) is 0 Å². The van der Waals surface area contributed by atoms with E-state index in [4.69, 9.17) is 4.74 Å². The summed E-state index contributed by atoms with van der Waals surface area (Å²) in [7, 11) is 0. The zero-order chi connectivity index (χ0) is 11.5. The highest BCUT2D eigenvalue weighted by atomic mass is 32.2. The highest BCUT2D eigenvalue weighted by Gasteiger charge is 2.39. The van der Waals surface area contributed by atoms with Gasteiger partial charge in [0.1, 0.15) is 5.57 Å². The maximum absolute atomic E-state index is 12.0. The summed E-state index contributed by atoms with van der Waals surface area (Å²) in [5.41, 5.74) is -2.17. The molecule has 1 aliphatic rings. The Morgan fingerprint density at radius 3 is 2.67 bits per heavy atom. The van der Waals surface area contributed by atoms with E-state index in [1.54, 1.807) is 0 Å². The molecule has 1 saturated heterocycles. The van der Waals surface area contributed by atoms with Crippen LogP contribution in [0.4, 0.5) is 13.2 Å². The smallest absolute Gasteiger partial charge is 0.422 e. The van der Waals surface area contributed by atoms with Gasteiger partial charge in [-0.05, 0) is 0 Å². The van der Waals surface area contributed by atoms with Crippen molar-refractivity contribution in [1.82, 2.24) is 0 Å². The predicted octanol–water partition coefficient (Wildman–Crippen LogP) is 1.74. The Morgan fingerprint density at radius 2 is 2.20 bits per heavy atom. The largest absolute Gasteiger partial charge is 0.445 e. The Bertz CT molecular complexity index is 258. The van der Waals surface area contributed by atoms with Crippen LogP contribution in [0.5, 0.6) is 0 Å². The first-order valence-corrected chi connectivity index (χ1v) is 5.12. The van der Waals surface area contributed by atoms with Crippen LogP contribution in [0.1, 0.15) is 0 Å². The fourth-order valence-corrected chi connectivity index (χ4v) is 1.67. The van der Waals surface area contributed by atoms with Gasteiger partial charge in [0.15, 0.2) is 5.44 Å². The van der Waals surface area contributed by atoms with E-state index in [-0.39, 0.29) is 6.61 Å². The van der Waals surface area contributed by atoms with Crippen LogP contribution in [0.25, 0.3) is 0 Å². The maximum Gasteiger partial charge on any atom is 0.422 e. The lowest BCUT2D eigenvalue weighted by molar-refractivity contribution is -0.153. The molecule has 0 amide bonds. The van der Waals surface area contributed by atoms with Gasteiger partial charge in [-0.1, -0.05) is 6.58 Å². The summed E-state index contributed by atoms with van der Waals surface area (Å²) < 4.78 is 45.5. The summed E-state index contributed by atoms with van der Waals surface area (Å²) in [6.07, 6.45) is -4.74. The van der Waals surface area contributed by atoms with Gasteiger partial charge in [0.05, 0.1) is 13.2 Å². The molecule has 0 aromatic rings. The maximum atomic E-state index is 12.0. The molecule has 1 atom stereocenters. The lowest BCUT2D eigenvalue weighted by Gasteiger charge is -2.22. The minimum atomic E-state index is -4.74. The molecule has 0 spiro atoms. The van der Waals surface area contributed by atoms with Gasteiger partial charge in [-0.15, -0.1) is 11.8 Å². The summed E-state index contributed by atoms with van der Waals surface area (Å²) in [5.74, 6) is -0.846. The van der Waals surface area contributed by atoms with Crippen LogP contribution in [0.15, 0.2) is 12.2 Å². The number of halogens is 3. The van der Waals surface area contributed by atoms with Gasteiger partial charge < -0.3 is 9.47 Å². The number of carbonyl (C=O) groups excluding carboxylic acids is 1. The number of ether oxygens (including phenoxy) is 2. The minimum Gasteiger partial charge on any atom is -0.445 e. The van der Waals surface area contributed by atoms with Gasteiger partial charge in [0.25, 0.3) is 0 Å². The van der Waals surface area contributed by atoms with Gasteiger partial charge in [-0.2, -0.15) is 13.2 Å². The average Bonchev–Trinajstić information content (AvgIpc) is 2.16. The summed E-state index contributed by atoms with van der Waals surface area (Å²) in [5, 5.41) is 0. The number of thioether (sulfide) groups is 1. The fraction of sp³-hybridized carbons (Fsp3) is 0.625. The topological polar surface area (TPSA) is 35.5 Å². The molecule has 0 saturated carbocycles. The van der Waals surface area contributed by atoms with Crippen molar-refractivity contribution in [3.8, 4) is 0 Å². The van der Waals surface area contributed by atoms with E-state index in [9.17, 15) is 18.0 Å². The van der Waals surface area contributed by atoms with Crippen LogP contribution in [0.3, 0.4) is 0 Å². The molecule has 1 rings (SSSR count). The first-order chi connectivity index (χ1) is 6.91. The lowest BCUT2D eigenvalue weighted by Crippen LogP contribution is -2.29. The SMILES string of the molecule is C=C(C(=O)OC1COCCS1)C(F)(F)F. The number of esters is 1. The molecule has 1 aliphatic heterocycles. The Kier molecular flexibility index (Phi) is 4.04. The molecular formula is C8H9F3O3S. The summed E-state index contributed by atoms with van der Waals surface area (Å²) in [4.78, 5) is 10.9. The molecule has 15 heavy (non-hydrogen) atoms. The van der Waals surface area contributed by atoms with E-state index in [2.05, 4.69) is 11.3 Å². The Morgan fingerprint density at radius 1 is 1.53 bits per heavy atom. The van der Waals surface area contributed by atoms with E-state index in [1.807, 2.05) is 0 Å². The normalized spacial score (nSPS) is 22.2. The van der Waals surface area contributed by atoms with Crippen LogP contribution in [-0.2, 0) is 14.3 Å². The molecule has 0 aromatic heterocycles. The van der Waals surface area contributed by atoms with Crippen molar-refractivity contribution in [3.05, 3.63) is 12.2 Å². The second kappa shape index (κ2) is 4.89. The predicted molar refractivity (Wildman–Crippen MR) is 48.4 cm³/mol. The van der Waals surface area contributed by atoms with Crippen molar-refractivity contribution in [2.75, 3.05) is 19.0 Å². The average molecular weight is 242 g/mol. The quantitative estimate of drug-likeness (QED) is 0.546. The Labute approximate surface area is 88.6 Å². The Balaban J connectivity index is 2.44. The number of carbonyl (C=O) groups is 1. The number of hydrogen-bond donors (Lipinski definition) is 0. The van der Waals surface area contributed by atoms with Crippen LogP contribution >= 0.6 is 11.8 Å². The molecule has 1 heterocycles. The second-order valence-electron chi connectivity index (χ2n) is 2.76. The van der Waals surface area contributed by atoms with Crippen molar-refractivity contribution in [1.29, 1.82) is 0 Å². The van der Waals surface area contributed by atoms with Gasteiger partial charge >= 0.3 is 12.1 Å². The van der Waals surface area contributed by atoms with E-state index < -0.39 is 23.2 Å². The zero-order valence-electron chi connectivity index (χ0n) is 7.67. The highest BCUT2D eigenvalue weighted by molar-refractivity contribution is 7.99. The number of hydrogen-bond acceptors (Lipinski definition) is 4. The van der Waals surface area contributed by atoms with Crippen LogP contribution < -0.4 is 0 Å². The van der Waals surface area contributed by atoms with Crippen molar-refractivity contribution in [3.63, 3.8) is 0 Å². The summed E-state index contributed by atoms with van der Waals surface area (Å²) in [6, 6.07) is 0. The van der Waals surface area contributed by atoms with Gasteiger partial charge in [-0.25, -0.2) is 4.79 Å². The third-order valence-electron chi connectivity index (χ3n) is 1.61. The van der Waals surface area contributed by atoms with Crippen LogP contribution in [0, 0.1) is 0 Å². The van der Waals surface area contributed by atoms with Crippen molar-refractivity contribution in [2.24, 2.45) is 0 Å². The molecule has 0 radical (unpaired) electrons. The first-order valence-electron chi connectivity index (χ1n) is 4.07. The zero-order valence-corrected chi connectivity index (χ0v) is 8.49. The monoisotopic (exact) mass is 242 g/mol. The molecule has 0 bridgehead atoms. The van der Waals surface area contributed by atoms with Crippen molar-refractivity contribution in [2.45, 2.75) is 11.6 Å². The molecule has 1 fully saturated rings. The lowest BCUT2D eigenvalue weighted by atomic mass is 10.3. The molecule has 7 heteroatoms. The third-order valence-corrected chi connectivity index (χ3v) is 2.62. The molecule has 3 nitrogen and oxygen atoms in total. The first kappa shape index (κ1) is 12.4. The third kappa shape index (κ3) is 3.75. The standard InChI is InChI=1S/C8H9F3O3S/c1-5(8(9,10)11)7(12)14-6-4-13-2-3-15-6/h6H,1-4H2. The van der Waals surface area contributed by atoms with Crippen molar-refractivity contribution < 1.29 is 27.4 Å². The highest BCUT2D eigenvalue weighted by Crippen LogP contribution is 2.27. The fourth-order valence-electron chi connectivity index (χ4n) is 0.840.